The SMILES string of the molecule is Clc1nc(COc2cncc(Br)c2)nc2sccc12. The molecule has 3 aromatic heterocycles. The van der Waals surface area contributed by atoms with E-state index in [2.05, 4.69) is 30.9 Å². The van der Waals surface area contributed by atoms with Crippen LogP contribution in [0.5, 0.6) is 5.75 Å². The van der Waals surface area contributed by atoms with Crippen molar-refractivity contribution in [3.8, 4) is 5.75 Å². The molecule has 4 nitrogen and oxygen atoms in total. The number of ether oxygens (including phenoxy) is 1. The van der Waals surface area contributed by atoms with Gasteiger partial charge in [0.25, 0.3) is 0 Å². The van der Waals surface area contributed by atoms with E-state index in [1.54, 1.807) is 12.4 Å². The topological polar surface area (TPSA) is 47.9 Å². The lowest BCUT2D eigenvalue weighted by molar-refractivity contribution is 0.295. The average molecular weight is 357 g/mol. The fourth-order valence-corrected chi connectivity index (χ4v) is 2.98. The summed E-state index contributed by atoms with van der Waals surface area (Å²) in [5.41, 5.74) is 0. The van der Waals surface area contributed by atoms with Crippen molar-refractivity contribution in [2.45, 2.75) is 6.61 Å². The second-order valence-corrected chi connectivity index (χ2v) is 5.87. The highest BCUT2D eigenvalue weighted by Gasteiger charge is 2.07. The molecule has 0 aliphatic heterocycles. The normalized spacial score (nSPS) is 10.8. The molecule has 0 aliphatic rings. The van der Waals surface area contributed by atoms with E-state index in [-0.39, 0.29) is 6.61 Å². The van der Waals surface area contributed by atoms with E-state index >= 15 is 0 Å². The summed E-state index contributed by atoms with van der Waals surface area (Å²) in [4.78, 5) is 13.5. The Labute approximate surface area is 126 Å². The van der Waals surface area contributed by atoms with Crippen LogP contribution < -0.4 is 4.74 Å². The number of rotatable bonds is 3. The fraction of sp³-hybridized carbons (Fsp3) is 0.0833. The maximum atomic E-state index is 6.09. The van der Waals surface area contributed by atoms with E-state index in [0.29, 0.717) is 16.7 Å². The number of hydrogen-bond donors (Lipinski definition) is 0. The van der Waals surface area contributed by atoms with Crippen LogP contribution in [0.3, 0.4) is 0 Å². The van der Waals surface area contributed by atoms with Gasteiger partial charge in [0.1, 0.15) is 22.3 Å². The Kier molecular flexibility index (Phi) is 3.63. The number of hydrogen-bond acceptors (Lipinski definition) is 5. The van der Waals surface area contributed by atoms with Gasteiger partial charge in [0.2, 0.25) is 0 Å². The molecule has 0 aliphatic carbocycles. The minimum Gasteiger partial charge on any atom is -0.484 e. The molecule has 3 rings (SSSR count). The first-order valence-corrected chi connectivity index (χ1v) is 7.40. The first-order valence-electron chi connectivity index (χ1n) is 5.35. The summed E-state index contributed by atoms with van der Waals surface area (Å²) in [5.74, 6) is 1.21. The lowest BCUT2D eigenvalue weighted by Crippen LogP contribution is -2.01. The van der Waals surface area contributed by atoms with Crippen LogP contribution in [-0.4, -0.2) is 15.0 Å². The van der Waals surface area contributed by atoms with Crippen molar-refractivity contribution in [2.75, 3.05) is 0 Å². The Morgan fingerprint density at radius 3 is 3.05 bits per heavy atom. The molecule has 0 unspecified atom stereocenters. The van der Waals surface area contributed by atoms with E-state index in [4.69, 9.17) is 16.3 Å². The Balaban J connectivity index is 1.81. The van der Waals surface area contributed by atoms with Gasteiger partial charge in [-0.15, -0.1) is 11.3 Å². The molecule has 3 aromatic rings. The van der Waals surface area contributed by atoms with Gasteiger partial charge in [-0.3, -0.25) is 4.98 Å². The molecule has 0 aromatic carbocycles. The first kappa shape index (κ1) is 12.8. The number of nitrogens with zero attached hydrogens (tertiary/aromatic N) is 3. The summed E-state index contributed by atoms with van der Waals surface area (Å²) < 4.78 is 6.44. The zero-order valence-corrected chi connectivity index (χ0v) is 12.7. The van der Waals surface area contributed by atoms with Gasteiger partial charge in [-0.05, 0) is 33.4 Å². The second-order valence-electron chi connectivity index (χ2n) is 3.70. The van der Waals surface area contributed by atoms with Crippen LogP contribution in [0.15, 0.2) is 34.4 Å². The highest BCUT2D eigenvalue weighted by molar-refractivity contribution is 9.10. The van der Waals surface area contributed by atoms with Crippen molar-refractivity contribution in [3.63, 3.8) is 0 Å². The summed E-state index contributed by atoms with van der Waals surface area (Å²) in [7, 11) is 0. The van der Waals surface area contributed by atoms with Crippen LogP contribution in [0.4, 0.5) is 0 Å². The third-order valence-electron chi connectivity index (χ3n) is 2.37. The average Bonchev–Trinajstić information content (AvgIpc) is 2.85. The van der Waals surface area contributed by atoms with E-state index in [9.17, 15) is 0 Å². The molecular formula is C12H7BrClN3OS. The molecule has 19 heavy (non-hydrogen) atoms. The molecule has 0 N–H and O–H groups in total. The number of fused-ring (bicyclic) bond motifs is 1. The number of aromatic nitrogens is 3. The van der Waals surface area contributed by atoms with Crippen LogP contribution in [0.25, 0.3) is 10.2 Å². The highest BCUT2D eigenvalue weighted by atomic mass is 79.9. The summed E-state index contributed by atoms with van der Waals surface area (Å²) in [6.07, 6.45) is 3.33. The van der Waals surface area contributed by atoms with Crippen molar-refractivity contribution in [2.24, 2.45) is 0 Å². The molecule has 0 fully saturated rings. The molecule has 0 atom stereocenters. The molecule has 0 bridgehead atoms. The van der Waals surface area contributed by atoms with Crippen LogP contribution in [-0.2, 0) is 6.61 Å². The smallest absolute Gasteiger partial charge is 0.169 e. The number of halogens is 2. The summed E-state index contributed by atoms with van der Waals surface area (Å²) in [6, 6.07) is 3.74. The molecule has 0 saturated heterocycles. The number of pyridine rings is 1. The van der Waals surface area contributed by atoms with Crippen molar-refractivity contribution < 1.29 is 4.74 Å². The zero-order valence-electron chi connectivity index (χ0n) is 9.51. The molecule has 7 heteroatoms. The van der Waals surface area contributed by atoms with Crippen molar-refractivity contribution >= 4 is 49.1 Å². The zero-order chi connectivity index (χ0) is 13.2. The highest BCUT2D eigenvalue weighted by Crippen LogP contribution is 2.25. The summed E-state index contributed by atoms with van der Waals surface area (Å²) >= 11 is 11.0. The largest absolute Gasteiger partial charge is 0.484 e. The van der Waals surface area contributed by atoms with Crippen molar-refractivity contribution in [1.29, 1.82) is 0 Å². The summed E-state index contributed by atoms with van der Waals surface area (Å²) in [6.45, 7) is 0.256. The van der Waals surface area contributed by atoms with Gasteiger partial charge < -0.3 is 4.74 Å². The minimum absolute atomic E-state index is 0.256. The Bertz CT molecular complexity index is 734. The lowest BCUT2D eigenvalue weighted by atomic mass is 10.4. The standard InChI is InChI=1S/C12H7BrClN3OS/c13-7-3-8(5-15-4-7)18-6-10-16-11(14)9-1-2-19-12(9)17-10/h1-5H,6H2. The number of thiophene rings is 1. The molecule has 0 radical (unpaired) electrons. The van der Waals surface area contributed by atoms with E-state index in [1.807, 2.05) is 17.5 Å². The monoisotopic (exact) mass is 355 g/mol. The minimum atomic E-state index is 0.256. The van der Waals surface area contributed by atoms with Gasteiger partial charge >= 0.3 is 0 Å². The first-order chi connectivity index (χ1) is 9.22. The van der Waals surface area contributed by atoms with Crippen LogP contribution in [0, 0.1) is 0 Å². The Morgan fingerprint density at radius 1 is 1.32 bits per heavy atom. The van der Waals surface area contributed by atoms with Crippen LogP contribution in [0.1, 0.15) is 5.82 Å². The van der Waals surface area contributed by atoms with Crippen LogP contribution >= 0.6 is 38.9 Å². The fourth-order valence-electron chi connectivity index (χ4n) is 1.54. The predicted molar refractivity (Wildman–Crippen MR) is 78.7 cm³/mol. The molecule has 96 valence electrons. The van der Waals surface area contributed by atoms with Gasteiger partial charge in [0, 0.05) is 16.1 Å². The van der Waals surface area contributed by atoms with Crippen LogP contribution in [0.2, 0.25) is 5.15 Å². The summed E-state index contributed by atoms with van der Waals surface area (Å²) in [5, 5.41) is 3.27. The molecular weight excluding hydrogens is 350 g/mol. The maximum Gasteiger partial charge on any atom is 0.169 e. The lowest BCUT2D eigenvalue weighted by Gasteiger charge is -2.05. The quantitative estimate of drug-likeness (QED) is 0.663. The van der Waals surface area contributed by atoms with Gasteiger partial charge in [0.15, 0.2) is 5.82 Å². The predicted octanol–water partition coefficient (Wildman–Crippen LogP) is 4.08. The van der Waals surface area contributed by atoms with Crippen molar-refractivity contribution in [1.82, 2.24) is 15.0 Å². The Hall–Kier alpha value is -1.24. The van der Waals surface area contributed by atoms with Gasteiger partial charge in [-0.2, -0.15) is 0 Å². The molecule has 0 spiro atoms. The van der Waals surface area contributed by atoms with E-state index < -0.39 is 0 Å². The van der Waals surface area contributed by atoms with Gasteiger partial charge in [-0.25, -0.2) is 9.97 Å². The maximum absolute atomic E-state index is 6.09. The van der Waals surface area contributed by atoms with Gasteiger partial charge in [-0.1, -0.05) is 11.6 Å². The van der Waals surface area contributed by atoms with E-state index in [1.165, 1.54) is 11.3 Å². The third kappa shape index (κ3) is 2.86. The van der Waals surface area contributed by atoms with Gasteiger partial charge in [0.05, 0.1) is 6.20 Å². The third-order valence-corrected chi connectivity index (χ3v) is 3.90. The van der Waals surface area contributed by atoms with E-state index in [0.717, 1.165) is 14.7 Å². The van der Waals surface area contributed by atoms with Crippen molar-refractivity contribution in [3.05, 3.63) is 45.4 Å². The Morgan fingerprint density at radius 2 is 2.21 bits per heavy atom. The molecule has 3 heterocycles. The molecule has 0 amide bonds. The second kappa shape index (κ2) is 5.40. The molecule has 0 saturated carbocycles.